The first-order valence-corrected chi connectivity index (χ1v) is 11.2. The molecule has 0 radical (unpaired) electrons. The number of aliphatic imine (C=N–C) groups is 1. The number of nitrogens with one attached hydrogen (secondary N) is 1. The van der Waals surface area contributed by atoms with Crippen LogP contribution in [0.2, 0.25) is 0 Å². The molecule has 1 aliphatic heterocycles. The highest BCUT2D eigenvalue weighted by atomic mass is 32.2. The molecule has 0 aromatic heterocycles. The fourth-order valence-corrected chi connectivity index (χ4v) is 4.85. The van der Waals surface area contributed by atoms with E-state index in [2.05, 4.69) is 18.3 Å². The van der Waals surface area contributed by atoms with Crippen LogP contribution in [0.15, 0.2) is 41.4 Å². The lowest BCUT2D eigenvalue weighted by Gasteiger charge is -2.16. The highest BCUT2D eigenvalue weighted by Crippen LogP contribution is 2.40. The molecule has 0 bridgehead atoms. The summed E-state index contributed by atoms with van der Waals surface area (Å²) in [4.78, 5) is 32.4. The smallest absolute Gasteiger partial charge is 0.242 e. The van der Waals surface area contributed by atoms with Gasteiger partial charge in [-0.3, -0.25) is 14.5 Å². The van der Waals surface area contributed by atoms with Crippen LogP contribution in [-0.2, 0) is 9.59 Å². The molecule has 4 rings (SSSR count). The molecule has 6 heteroatoms. The molecule has 2 aromatic rings. The zero-order chi connectivity index (χ0) is 21.4. The van der Waals surface area contributed by atoms with Gasteiger partial charge in [0.05, 0.1) is 5.69 Å². The molecule has 1 saturated heterocycles. The van der Waals surface area contributed by atoms with Gasteiger partial charge in [0.25, 0.3) is 0 Å². The molecule has 5 nitrogen and oxygen atoms in total. The molecule has 1 aliphatic carbocycles. The molecule has 156 valence electrons. The number of benzene rings is 2. The number of carbonyl (C=O) groups excluding carboxylic acids is 2. The van der Waals surface area contributed by atoms with Crippen molar-refractivity contribution in [2.45, 2.75) is 58.2 Å². The van der Waals surface area contributed by atoms with Crippen LogP contribution in [0.5, 0.6) is 0 Å². The summed E-state index contributed by atoms with van der Waals surface area (Å²) in [6, 6.07) is 12.2. The molecular formula is C24H27N3O2S. The first-order chi connectivity index (χ1) is 14.3. The first-order valence-electron chi connectivity index (χ1n) is 10.3. The van der Waals surface area contributed by atoms with Gasteiger partial charge in [0.1, 0.15) is 5.25 Å². The molecular weight excluding hydrogens is 394 g/mol. The van der Waals surface area contributed by atoms with Crippen LogP contribution in [0.1, 0.15) is 41.5 Å². The highest BCUT2D eigenvalue weighted by molar-refractivity contribution is 8.15. The number of anilines is 1. The van der Waals surface area contributed by atoms with Gasteiger partial charge in [0.15, 0.2) is 5.17 Å². The third kappa shape index (κ3) is 4.29. The van der Waals surface area contributed by atoms with Crippen molar-refractivity contribution in [3.8, 4) is 0 Å². The number of hydrogen-bond donors (Lipinski definition) is 1. The van der Waals surface area contributed by atoms with Gasteiger partial charge in [-0.15, -0.1) is 0 Å². The van der Waals surface area contributed by atoms with E-state index in [1.54, 1.807) is 0 Å². The van der Waals surface area contributed by atoms with Crippen LogP contribution in [0.25, 0.3) is 0 Å². The monoisotopic (exact) mass is 421 g/mol. The van der Waals surface area contributed by atoms with Crippen molar-refractivity contribution in [1.29, 1.82) is 0 Å². The third-order valence-electron chi connectivity index (χ3n) is 5.70. The summed E-state index contributed by atoms with van der Waals surface area (Å²) in [6.07, 6.45) is 2.14. The zero-order valence-corrected chi connectivity index (χ0v) is 18.7. The summed E-state index contributed by atoms with van der Waals surface area (Å²) in [5.74, 6) is -0.140. The highest BCUT2D eigenvalue weighted by Gasteiger charge is 2.46. The molecule has 2 fully saturated rings. The van der Waals surface area contributed by atoms with Crippen LogP contribution in [-0.4, -0.2) is 33.2 Å². The maximum Gasteiger partial charge on any atom is 0.242 e. The number of amidine groups is 1. The van der Waals surface area contributed by atoms with Gasteiger partial charge in [0.2, 0.25) is 11.8 Å². The summed E-state index contributed by atoms with van der Waals surface area (Å²) in [6.45, 7) is 8.11. The molecule has 2 aromatic carbocycles. The average molecular weight is 422 g/mol. The molecule has 1 atom stereocenters. The number of amides is 2. The van der Waals surface area contributed by atoms with E-state index < -0.39 is 5.25 Å². The number of nitrogens with zero attached hydrogens (tertiary/aromatic N) is 2. The Kier molecular flexibility index (Phi) is 5.69. The predicted octanol–water partition coefficient (Wildman–Crippen LogP) is 5.04. The number of carbonyl (C=O) groups is 2. The first kappa shape index (κ1) is 20.7. The maximum absolute atomic E-state index is 13.1. The van der Waals surface area contributed by atoms with E-state index in [9.17, 15) is 9.59 Å². The Labute approximate surface area is 182 Å². The Morgan fingerprint density at radius 2 is 1.90 bits per heavy atom. The second kappa shape index (κ2) is 8.26. The fourth-order valence-electron chi connectivity index (χ4n) is 3.65. The summed E-state index contributed by atoms with van der Waals surface area (Å²) >= 11 is 1.42. The van der Waals surface area contributed by atoms with Crippen molar-refractivity contribution < 1.29 is 9.59 Å². The minimum absolute atomic E-state index is 0.00216. The fraction of sp³-hybridized carbons (Fsp3) is 0.375. The largest absolute Gasteiger partial charge is 0.326 e. The van der Waals surface area contributed by atoms with Gasteiger partial charge < -0.3 is 5.32 Å². The molecule has 0 spiro atoms. The van der Waals surface area contributed by atoms with Crippen molar-refractivity contribution in [1.82, 2.24) is 4.90 Å². The number of aryl methyl sites for hydroxylation is 3. The second-order valence-electron chi connectivity index (χ2n) is 8.23. The standard InChI is InChI=1S/C24H27N3O2S/c1-14-8-11-19(16(3)12-14)25-22(28)13-21-23(29)27(18-9-10-18)24(30-21)26-20-7-5-6-15(2)17(20)4/h5-8,11-12,18,21H,9-10,13H2,1-4H3,(H,25,28)/t21-/m0/s1. The van der Waals surface area contributed by atoms with Gasteiger partial charge in [-0.05, 0) is 69.4 Å². The van der Waals surface area contributed by atoms with Crippen molar-refractivity contribution in [3.05, 3.63) is 58.7 Å². The SMILES string of the molecule is Cc1ccc(NC(=O)C[C@@H]2SC(=Nc3cccc(C)c3C)N(C3CC3)C2=O)c(C)c1. The summed E-state index contributed by atoms with van der Waals surface area (Å²) in [5, 5.41) is 3.26. The Hall–Kier alpha value is -2.60. The lowest BCUT2D eigenvalue weighted by molar-refractivity contribution is -0.128. The van der Waals surface area contributed by atoms with Crippen LogP contribution >= 0.6 is 11.8 Å². The average Bonchev–Trinajstić information content (AvgIpc) is 3.47. The zero-order valence-electron chi connectivity index (χ0n) is 17.9. The lowest BCUT2D eigenvalue weighted by Crippen LogP contribution is -2.35. The molecule has 0 unspecified atom stereocenters. The van der Waals surface area contributed by atoms with Crippen LogP contribution in [0.3, 0.4) is 0 Å². The number of rotatable bonds is 5. The van der Waals surface area contributed by atoms with Crippen molar-refractivity contribution in [2.75, 3.05) is 5.32 Å². The topological polar surface area (TPSA) is 61.8 Å². The normalized spacial score (nSPS) is 20.1. The third-order valence-corrected chi connectivity index (χ3v) is 6.85. The number of hydrogen-bond acceptors (Lipinski definition) is 4. The van der Waals surface area contributed by atoms with E-state index in [-0.39, 0.29) is 24.3 Å². The Morgan fingerprint density at radius 1 is 1.13 bits per heavy atom. The molecule has 1 saturated carbocycles. The van der Waals surface area contributed by atoms with E-state index in [0.717, 1.165) is 46.1 Å². The predicted molar refractivity (Wildman–Crippen MR) is 123 cm³/mol. The Bertz CT molecular complexity index is 1040. The van der Waals surface area contributed by atoms with E-state index in [1.807, 2.05) is 56.0 Å². The molecule has 2 aliphatic rings. The molecule has 1 heterocycles. The van der Waals surface area contributed by atoms with Gasteiger partial charge in [-0.25, -0.2) is 4.99 Å². The van der Waals surface area contributed by atoms with Gasteiger partial charge in [-0.1, -0.05) is 41.6 Å². The van der Waals surface area contributed by atoms with Crippen LogP contribution in [0.4, 0.5) is 11.4 Å². The van der Waals surface area contributed by atoms with Crippen molar-refractivity contribution >= 4 is 40.1 Å². The van der Waals surface area contributed by atoms with Crippen LogP contribution < -0.4 is 5.32 Å². The summed E-state index contributed by atoms with van der Waals surface area (Å²) in [5.41, 5.74) is 6.14. The summed E-state index contributed by atoms with van der Waals surface area (Å²) < 4.78 is 0. The maximum atomic E-state index is 13.1. The van der Waals surface area contributed by atoms with E-state index >= 15 is 0 Å². The minimum atomic E-state index is -0.430. The van der Waals surface area contributed by atoms with Gasteiger partial charge in [-0.2, -0.15) is 0 Å². The second-order valence-corrected chi connectivity index (χ2v) is 9.40. The van der Waals surface area contributed by atoms with Crippen LogP contribution in [0, 0.1) is 27.7 Å². The molecule has 30 heavy (non-hydrogen) atoms. The van der Waals surface area contributed by atoms with E-state index in [4.69, 9.17) is 4.99 Å². The summed E-state index contributed by atoms with van der Waals surface area (Å²) in [7, 11) is 0. The quantitative estimate of drug-likeness (QED) is 0.735. The van der Waals surface area contributed by atoms with E-state index in [1.165, 1.54) is 17.3 Å². The molecule has 1 N–H and O–H groups in total. The van der Waals surface area contributed by atoms with Gasteiger partial charge in [0, 0.05) is 18.2 Å². The Morgan fingerprint density at radius 3 is 2.60 bits per heavy atom. The Balaban J connectivity index is 1.52. The van der Waals surface area contributed by atoms with Crippen molar-refractivity contribution in [3.63, 3.8) is 0 Å². The van der Waals surface area contributed by atoms with Gasteiger partial charge >= 0.3 is 0 Å². The van der Waals surface area contributed by atoms with Crippen molar-refractivity contribution in [2.24, 2.45) is 4.99 Å². The molecule has 2 amide bonds. The number of thioether (sulfide) groups is 1. The minimum Gasteiger partial charge on any atom is -0.326 e. The van der Waals surface area contributed by atoms with E-state index in [0.29, 0.717) is 0 Å². The lowest BCUT2D eigenvalue weighted by atomic mass is 10.1.